The molecule has 3 nitrogen and oxygen atoms in total. The Morgan fingerprint density at radius 1 is 1.44 bits per heavy atom. The molecule has 0 spiro atoms. The third kappa shape index (κ3) is 4.39. The number of benzene rings is 1. The largest absolute Gasteiger partial charge is 0.481 e. The first-order valence-electron chi connectivity index (χ1n) is 4.90. The van der Waals surface area contributed by atoms with Crippen molar-refractivity contribution in [1.82, 2.24) is 0 Å². The minimum atomic E-state index is -0.840. The van der Waals surface area contributed by atoms with E-state index in [-0.39, 0.29) is 12.5 Å². The Morgan fingerprint density at radius 2 is 2.12 bits per heavy atom. The molecule has 0 saturated heterocycles. The normalized spacial score (nSPS) is 12.4. The molecule has 0 aliphatic rings. The highest BCUT2D eigenvalue weighted by atomic mass is 35.5. The van der Waals surface area contributed by atoms with Crippen molar-refractivity contribution in [1.29, 1.82) is 0 Å². The van der Waals surface area contributed by atoms with E-state index in [1.165, 1.54) is 0 Å². The van der Waals surface area contributed by atoms with Crippen molar-refractivity contribution >= 4 is 29.2 Å². The van der Waals surface area contributed by atoms with Crippen molar-refractivity contribution in [3.63, 3.8) is 0 Å². The standard InChI is InChI=1S/C11H13Cl2NO2/c12-8-1-3-10(13)7(5-8)6-9(14)2-4-11(15)16/h1,3,5,9H,2,4,6,14H2,(H,15,16). The molecule has 16 heavy (non-hydrogen) atoms. The first kappa shape index (κ1) is 13.3. The Hall–Kier alpha value is -0.770. The Kier molecular flexibility index (Phi) is 5.06. The van der Waals surface area contributed by atoms with E-state index < -0.39 is 5.97 Å². The number of nitrogens with two attached hydrogens (primary N) is 1. The summed E-state index contributed by atoms with van der Waals surface area (Å²) in [5.41, 5.74) is 6.66. The van der Waals surface area contributed by atoms with Gasteiger partial charge in [-0.05, 0) is 36.6 Å². The molecule has 0 fully saturated rings. The second-order valence-electron chi connectivity index (χ2n) is 3.63. The number of carboxylic acid groups (broad SMARTS) is 1. The molecule has 0 bridgehead atoms. The van der Waals surface area contributed by atoms with Gasteiger partial charge in [-0.15, -0.1) is 0 Å². The van der Waals surface area contributed by atoms with E-state index in [1.807, 2.05) is 0 Å². The lowest BCUT2D eigenvalue weighted by atomic mass is 10.0. The lowest BCUT2D eigenvalue weighted by Crippen LogP contribution is -2.23. The summed E-state index contributed by atoms with van der Waals surface area (Å²) in [6.45, 7) is 0. The minimum Gasteiger partial charge on any atom is -0.481 e. The summed E-state index contributed by atoms with van der Waals surface area (Å²) < 4.78 is 0. The molecule has 0 aliphatic carbocycles. The van der Waals surface area contributed by atoms with Crippen molar-refractivity contribution in [3.05, 3.63) is 33.8 Å². The van der Waals surface area contributed by atoms with Crippen LogP contribution in [0, 0.1) is 0 Å². The molecule has 0 aliphatic heterocycles. The number of carboxylic acids is 1. The summed E-state index contributed by atoms with van der Waals surface area (Å²) in [5.74, 6) is -0.840. The highest BCUT2D eigenvalue weighted by Crippen LogP contribution is 2.22. The zero-order valence-electron chi connectivity index (χ0n) is 8.62. The van der Waals surface area contributed by atoms with Gasteiger partial charge in [0.15, 0.2) is 0 Å². The van der Waals surface area contributed by atoms with E-state index >= 15 is 0 Å². The first-order valence-corrected chi connectivity index (χ1v) is 5.66. The Balaban J connectivity index is 2.58. The van der Waals surface area contributed by atoms with Crippen LogP contribution in [0.1, 0.15) is 18.4 Å². The van der Waals surface area contributed by atoms with Crippen LogP contribution in [0.2, 0.25) is 10.0 Å². The minimum absolute atomic E-state index is 0.0688. The number of halogens is 2. The van der Waals surface area contributed by atoms with Gasteiger partial charge >= 0.3 is 5.97 Å². The molecule has 88 valence electrons. The second kappa shape index (κ2) is 6.09. The second-order valence-corrected chi connectivity index (χ2v) is 4.48. The van der Waals surface area contributed by atoms with Crippen LogP contribution in [-0.2, 0) is 11.2 Å². The van der Waals surface area contributed by atoms with Crippen molar-refractivity contribution in [2.75, 3.05) is 0 Å². The summed E-state index contributed by atoms with van der Waals surface area (Å²) in [4.78, 5) is 10.4. The maximum Gasteiger partial charge on any atom is 0.303 e. The number of hydrogen-bond acceptors (Lipinski definition) is 2. The first-order chi connectivity index (χ1) is 7.49. The van der Waals surface area contributed by atoms with E-state index in [0.29, 0.717) is 22.9 Å². The average molecular weight is 262 g/mol. The Morgan fingerprint density at radius 3 is 2.75 bits per heavy atom. The summed E-state index contributed by atoms with van der Waals surface area (Å²) in [6, 6.07) is 4.95. The van der Waals surface area contributed by atoms with Gasteiger partial charge in [-0.3, -0.25) is 4.79 Å². The van der Waals surface area contributed by atoms with Crippen LogP contribution in [0.5, 0.6) is 0 Å². The molecule has 0 aromatic heterocycles. The van der Waals surface area contributed by atoms with E-state index in [4.69, 9.17) is 34.0 Å². The zero-order chi connectivity index (χ0) is 12.1. The lowest BCUT2D eigenvalue weighted by Gasteiger charge is -2.11. The van der Waals surface area contributed by atoms with Gasteiger partial charge in [-0.25, -0.2) is 0 Å². The molecule has 1 aromatic carbocycles. The maximum absolute atomic E-state index is 10.4. The summed E-state index contributed by atoms with van der Waals surface area (Å²) in [6.07, 6.45) is 1.03. The molecule has 1 rings (SSSR count). The van der Waals surface area contributed by atoms with Gasteiger partial charge in [0.1, 0.15) is 0 Å². The molecule has 1 unspecified atom stereocenters. The zero-order valence-corrected chi connectivity index (χ0v) is 10.1. The monoisotopic (exact) mass is 261 g/mol. The van der Waals surface area contributed by atoms with Crippen molar-refractivity contribution < 1.29 is 9.90 Å². The molecule has 0 amide bonds. The van der Waals surface area contributed by atoms with Gasteiger partial charge in [0.05, 0.1) is 0 Å². The van der Waals surface area contributed by atoms with Crippen LogP contribution in [0.3, 0.4) is 0 Å². The molecular weight excluding hydrogens is 249 g/mol. The third-order valence-corrected chi connectivity index (χ3v) is 2.82. The topological polar surface area (TPSA) is 63.3 Å². The highest BCUT2D eigenvalue weighted by Gasteiger charge is 2.09. The van der Waals surface area contributed by atoms with Crippen LogP contribution < -0.4 is 5.73 Å². The van der Waals surface area contributed by atoms with Gasteiger partial charge < -0.3 is 10.8 Å². The van der Waals surface area contributed by atoms with Crippen LogP contribution in [-0.4, -0.2) is 17.1 Å². The summed E-state index contributed by atoms with van der Waals surface area (Å²) in [5, 5.41) is 9.73. The smallest absolute Gasteiger partial charge is 0.303 e. The quantitative estimate of drug-likeness (QED) is 0.857. The van der Waals surface area contributed by atoms with Gasteiger partial charge in [0.2, 0.25) is 0 Å². The van der Waals surface area contributed by atoms with Gasteiger partial charge in [0, 0.05) is 22.5 Å². The van der Waals surface area contributed by atoms with E-state index in [0.717, 1.165) is 5.56 Å². The Labute approximate surface area is 104 Å². The molecule has 0 radical (unpaired) electrons. The third-order valence-electron chi connectivity index (χ3n) is 2.22. The predicted molar refractivity (Wildman–Crippen MR) is 65.0 cm³/mol. The number of hydrogen-bond donors (Lipinski definition) is 2. The molecule has 3 N–H and O–H groups in total. The van der Waals surface area contributed by atoms with Gasteiger partial charge in [0.25, 0.3) is 0 Å². The molecular formula is C11H13Cl2NO2. The molecule has 0 heterocycles. The van der Waals surface area contributed by atoms with Gasteiger partial charge in [-0.1, -0.05) is 23.2 Å². The van der Waals surface area contributed by atoms with Crippen molar-refractivity contribution in [3.8, 4) is 0 Å². The highest BCUT2D eigenvalue weighted by molar-refractivity contribution is 6.33. The molecule has 5 heteroatoms. The Bertz CT molecular complexity index is 382. The van der Waals surface area contributed by atoms with E-state index in [9.17, 15) is 4.79 Å². The number of rotatable bonds is 5. The summed E-state index contributed by atoms with van der Waals surface area (Å²) >= 11 is 11.8. The fourth-order valence-corrected chi connectivity index (χ4v) is 1.78. The molecule has 1 aromatic rings. The summed E-state index contributed by atoms with van der Waals surface area (Å²) in [7, 11) is 0. The molecule has 0 saturated carbocycles. The van der Waals surface area contributed by atoms with Crippen LogP contribution in [0.15, 0.2) is 18.2 Å². The van der Waals surface area contributed by atoms with E-state index in [1.54, 1.807) is 18.2 Å². The van der Waals surface area contributed by atoms with Crippen molar-refractivity contribution in [2.45, 2.75) is 25.3 Å². The van der Waals surface area contributed by atoms with Crippen LogP contribution >= 0.6 is 23.2 Å². The average Bonchev–Trinajstić information content (AvgIpc) is 2.20. The maximum atomic E-state index is 10.4. The van der Waals surface area contributed by atoms with Gasteiger partial charge in [-0.2, -0.15) is 0 Å². The predicted octanol–water partition coefficient (Wildman–Crippen LogP) is 2.73. The fraction of sp³-hybridized carbons (Fsp3) is 0.364. The van der Waals surface area contributed by atoms with E-state index in [2.05, 4.69) is 0 Å². The number of carbonyl (C=O) groups is 1. The van der Waals surface area contributed by atoms with Crippen molar-refractivity contribution in [2.24, 2.45) is 5.73 Å². The van der Waals surface area contributed by atoms with Crippen LogP contribution in [0.25, 0.3) is 0 Å². The molecule has 1 atom stereocenters. The SMILES string of the molecule is NC(CCC(=O)O)Cc1cc(Cl)ccc1Cl. The fourth-order valence-electron chi connectivity index (χ4n) is 1.39. The number of aliphatic carboxylic acids is 1. The lowest BCUT2D eigenvalue weighted by molar-refractivity contribution is -0.137. The van der Waals surface area contributed by atoms with Crippen LogP contribution in [0.4, 0.5) is 0 Å².